The van der Waals surface area contributed by atoms with Gasteiger partial charge in [-0.1, -0.05) is 13.3 Å². The molecule has 2 aromatic heterocycles. The number of hydrogen-bond acceptors (Lipinski definition) is 5. The van der Waals surface area contributed by atoms with Gasteiger partial charge in [0.25, 0.3) is 0 Å². The van der Waals surface area contributed by atoms with Crippen LogP contribution in [-0.2, 0) is 19.6 Å². The SMILES string of the molecule is CCCCn1nnnc1CNCCn1cc(C)cn1. The molecule has 104 valence electrons. The van der Waals surface area contributed by atoms with Crippen LogP contribution in [0.15, 0.2) is 12.4 Å². The Balaban J connectivity index is 1.72. The average molecular weight is 263 g/mol. The van der Waals surface area contributed by atoms with Gasteiger partial charge in [-0.3, -0.25) is 4.68 Å². The molecule has 0 fully saturated rings. The summed E-state index contributed by atoms with van der Waals surface area (Å²) in [5.41, 5.74) is 1.18. The fourth-order valence-corrected chi connectivity index (χ4v) is 1.81. The highest BCUT2D eigenvalue weighted by molar-refractivity contribution is 4.99. The van der Waals surface area contributed by atoms with Crippen LogP contribution < -0.4 is 5.32 Å². The first-order chi connectivity index (χ1) is 9.29. The van der Waals surface area contributed by atoms with E-state index in [1.54, 1.807) is 0 Å². The van der Waals surface area contributed by atoms with E-state index in [0.29, 0.717) is 6.54 Å². The summed E-state index contributed by atoms with van der Waals surface area (Å²) >= 11 is 0. The molecule has 0 saturated carbocycles. The molecule has 19 heavy (non-hydrogen) atoms. The third-order valence-corrected chi connectivity index (χ3v) is 2.89. The van der Waals surface area contributed by atoms with Gasteiger partial charge < -0.3 is 5.32 Å². The zero-order valence-corrected chi connectivity index (χ0v) is 11.6. The monoisotopic (exact) mass is 263 g/mol. The van der Waals surface area contributed by atoms with Crippen LogP contribution >= 0.6 is 0 Å². The third-order valence-electron chi connectivity index (χ3n) is 2.89. The minimum Gasteiger partial charge on any atom is -0.308 e. The molecule has 0 aliphatic carbocycles. The van der Waals surface area contributed by atoms with E-state index in [1.807, 2.05) is 28.7 Å². The normalized spacial score (nSPS) is 11.1. The van der Waals surface area contributed by atoms with Gasteiger partial charge in [0.1, 0.15) is 0 Å². The highest BCUT2D eigenvalue weighted by atomic mass is 15.5. The second kappa shape index (κ2) is 6.98. The summed E-state index contributed by atoms with van der Waals surface area (Å²) in [5, 5.41) is 19.3. The molecule has 7 heteroatoms. The molecule has 2 rings (SSSR count). The second-order valence-corrected chi connectivity index (χ2v) is 4.63. The van der Waals surface area contributed by atoms with E-state index in [1.165, 1.54) is 5.56 Å². The Labute approximate surface area is 113 Å². The fraction of sp³-hybridized carbons (Fsp3) is 0.667. The topological polar surface area (TPSA) is 73.5 Å². The molecule has 0 radical (unpaired) electrons. The predicted octanol–water partition coefficient (Wildman–Crippen LogP) is 0.768. The van der Waals surface area contributed by atoms with Gasteiger partial charge in [0, 0.05) is 19.3 Å². The van der Waals surface area contributed by atoms with Crippen molar-refractivity contribution in [2.24, 2.45) is 0 Å². The molecule has 0 spiro atoms. The number of rotatable bonds is 8. The standard InChI is InChI=1S/C12H21N7/c1-3-4-6-19-12(15-16-17-19)9-13-5-7-18-10-11(2)8-14-18/h8,10,13H,3-7,9H2,1-2H3. The van der Waals surface area contributed by atoms with Crippen molar-refractivity contribution in [3.05, 3.63) is 23.8 Å². The number of aromatic nitrogens is 6. The van der Waals surface area contributed by atoms with E-state index < -0.39 is 0 Å². The third kappa shape index (κ3) is 4.13. The summed E-state index contributed by atoms with van der Waals surface area (Å²) in [6.45, 7) is 7.48. The van der Waals surface area contributed by atoms with E-state index in [-0.39, 0.29) is 0 Å². The quantitative estimate of drug-likeness (QED) is 0.712. The van der Waals surface area contributed by atoms with Gasteiger partial charge >= 0.3 is 0 Å². The molecule has 0 aliphatic heterocycles. The van der Waals surface area contributed by atoms with Crippen molar-refractivity contribution >= 4 is 0 Å². The van der Waals surface area contributed by atoms with Gasteiger partial charge in [-0.15, -0.1) is 5.10 Å². The Morgan fingerprint density at radius 2 is 2.21 bits per heavy atom. The van der Waals surface area contributed by atoms with Crippen molar-refractivity contribution in [1.29, 1.82) is 0 Å². The number of hydrogen-bond donors (Lipinski definition) is 1. The van der Waals surface area contributed by atoms with Crippen molar-refractivity contribution in [3.8, 4) is 0 Å². The maximum absolute atomic E-state index is 4.24. The summed E-state index contributed by atoms with van der Waals surface area (Å²) in [7, 11) is 0. The van der Waals surface area contributed by atoms with Crippen molar-refractivity contribution in [2.45, 2.75) is 46.3 Å². The molecule has 1 N–H and O–H groups in total. The van der Waals surface area contributed by atoms with Gasteiger partial charge in [0.2, 0.25) is 0 Å². The molecular weight excluding hydrogens is 242 g/mol. The molecule has 2 aromatic rings. The van der Waals surface area contributed by atoms with Crippen molar-refractivity contribution in [1.82, 2.24) is 35.3 Å². The predicted molar refractivity (Wildman–Crippen MR) is 71.4 cm³/mol. The summed E-state index contributed by atoms with van der Waals surface area (Å²) in [6, 6.07) is 0. The lowest BCUT2D eigenvalue weighted by atomic mass is 10.3. The first kappa shape index (κ1) is 13.7. The number of unbranched alkanes of at least 4 members (excludes halogenated alkanes) is 1. The average Bonchev–Trinajstić information content (AvgIpc) is 3.01. The van der Waals surface area contributed by atoms with Crippen LogP contribution in [0.3, 0.4) is 0 Å². The molecule has 7 nitrogen and oxygen atoms in total. The number of nitrogens with one attached hydrogen (secondary N) is 1. The van der Waals surface area contributed by atoms with Crippen molar-refractivity contribution in [3.63, 3.8) is 0 Å². The van der Waals surface area contributed by atoms with E-state index >= 15 is 0 Å². The lowest BCUT2D eigenvalue weighted by Gasteiger charge is -2.05. The zero-order valence-electron chi connectivity index (χ0n) is 11.6. The van der Waals surface area contributed by atoms with Crippen molar-refractivity contribution < 1.29 is 0 Å². The molecule has 0 bridgehead atoms. The Kier molecular flexibility index (Phi) is 5.02. The van der Waals surface area contributed by atoms with Crippen LogP contribution in [-0.4, -0.2) is 36.5 Å². The van der Waals surface area contributed by atoms with Crippen LogP contribution in [0.2, 0.25) is 0 Å². The maximum Gasteiger partial charge on any atom is 0.165 e. The first-order valence-corrected chi connectivity index (χ1v) is 6.74. The van der Waals surface area contributed by atoms with E-state index in [9.17, 15) is 0 Å². The van der Waals surface area contributed by atoms with Crippen molar-refractivity contribution in [2.75, 3.05) is 6.54 Å². The molecular formula is C12H21N7. The van der Waals surface area contributed by atoms with Gasteiger partial charge in [-0.05, 0) is 29.3 Å². The number of nitrogens with zero attached hydrogens (tertiary/aromatic N) is 6. The van der Waals surface area contributed by atoms with Gasteiger partial charge in [0.05, 0.1) is 19.3 Å². The summed E-state index contributed by atoms with van der Waals surface area (Å²) in [6.07, 6.45) is 6.15. The minimum atomic E-state index is 0.691. The number of aryl methyl sites for hydroxylation is 2. The van der Waals surface area contributed by atoms with Crippen LogP contribution in [0.5, 0.6) is 0 Å². The summed E-state index contributed by atoms with van der Waals surface area (Å²) in [4.78, 5) is 0. The Hall–Kier alpha value is -1.76. The highest BCUT2D eigenvalue weighted by Crippen LogP contribution is 1.97. The summed E-state index contributed by atoms with van der Waals surface area (Å²) < 4.78 is 3.80. The molecule has 0 atom stereocenters. The first-order valence-electron chi connectivity index (χ1n) is 6.74. The van der Waals surface area contributed by atoms with Gasteiger partial charge in [-0.25, -0.2) is 4.68 Å². The molecule has 2 heterocycles. The maximum atomic E-state index is 4.24. The smallest absolute Gasteiger partial charge is 0.165 e. The van der Waals surface area contributed by atoms with Crippen LogP contribution in [0.1, 0.15) is 31.2 Å². The van der Waals surface area contributed by atoms with E-state index in [4.69, 9.17) is 0 Å². The molecule has 0 amide bonds. The number of tetrazole rings is 1. The summed E-state index contributed by atoms with van der Waals surface area (Å²) in [5.74, 6) is 0.894. The van der Waals surface area contributed by atoms with Crippen LogP contribution in [0.25, 0.3) is 0 Å². The molecule has 0 aromatic carbocycles. The second-order valence-electron chi connectivity index (χ2n) is 4.63. The van der Waals surface area contributed by atoms with Crippen LogP contribution in [0.4, 0.5) is 0 Å². The fourth-order valence-electron chi connectivity index (χ4n) is 1.81. The largest absolute Gasteiger partial charge is 0.308 e. The van der Waals surface area contributed by atoms with Gasteiger partial charge in [0.15, 0.2) is 5.82 Å². The molecule has 0 unspecified atom stereocenters. The van der Waals surface area contributed by atoms with E-state index in [2.05, 4.69) is 32.9 Å². The van der Waals surface area contributed by atoms with E-state index in [0.717, 1.165) is 38.3 Å². The Morgan fingerprint density at radius 1 is 1.32 bits per heavy atom. The minimum absolute atomic E-state index is 0.691. The van der Waals surface area contributed by atoms with Gasteiger partial charge in [-0.2, -0.15) is 5.10 Å². The lowest BCUT2D eigenvalue weighted by Crippen LogP contribution is -2.22. The molecule has 0 aliphatic rings. The zero-order chi connectivity index (χ0) is 13.5. The molecule has 0 saturated heterocycles. The van der Waals surface area contributed by atoms with Crippen LogP contribution in [0, 0.1) is 6.92 Å². The Bertz CT molecular complexity index is 488. The Morgan fingerprint density at radius 3 is 2.95 bits per heavy atom. The highest BCUT2D eigenvalue weighted by Gasteiger charge is 2.04. The lowest BCUT2D eigenvalue weighted by molar-refractivity contribution is 0.502.